The fraction of sp³-hybridized carbons (Fsp3) is 0.538. The van der Waals surface area contributed by atoms with Gasteiger partial charge in [-0.05, 0) is 35.8 Å². The average molecular weight is 194 g/mol. The van der Waals surface area contributed by atoms with Crippen molar-refractivity contribution in [1.82, 2.24) is 0 Å². The predicted molar refractivity (Wildman–Crippen MR) is 59.4 cm³/mol. The van der Waals surface area contributed by atoms with Crippen molar-refractivity contribution in [3.8, 4) is 0 Å². The first-order valence-corrected chi connectivity index (χ1v) is 5.24. The lowest BCUT2D eigenvalue weighted by molar-refractivity contribution is 0.496. The number of rotatable bonds is 1. The molecule has 1 aromatic carbocycles. The Morgan fingerprint density at radius 2 is 1.86 bits per heavy atom. The molecule has 0 spiro atoms. The molecule has 0 aliphatic heterocycles. The van der Waals surface area contributed by atoms with Gasteiger partial charge in [0.05, 0.1) is 7.18 Å². The first-order valence-electron chi connectivity index (χ1n) is 5.24. The van der Waals surface area contributed by atoms with E-state index in [1.165, 1.54) is 12.8 Å². The summed E-state index contributed by atoms with van der Waals surface area (Å²) in [5.41, 5.74) is 3.18. The molecule has 0 fully saturated rings. The van der Waals surface area contributed by atoms with Crippen molar-refractivity contribution in [3.63, 3.8) is 0 Å². The molecule has 0 N–H and O–H groups in total. The molecule has 0 saturated heterocycles. The molecule has 0 aromatic heterocycles. The lowest BCUT2D eigenvalue weighted by Gasteiger charge is -2.14. The number of hydrogen-bond acceptors (Lipinski definition) is 0. The van der Waals surface area contributed by atoms with Gasteiger partial charge in [0.15, 0.2) is 0 Å². The molecule has 0 amide bonds. The van der Waals surface area contributed by atoms with Crippen LogP contribution in [0, 0.1) is 5.92 Å². The molecule has 0 radical (unpaired) electrons. The zero-order chi connectivity index (χ0) is 10.6. The zero-order valence-corrected chi connectivity index (χ0v) is 9.26. The Bertz CT molecular complexity index is 278. The van der Waals surface area contributed by atoms with E-state index in [9.17, 15) is 4.39 Å². The summed E-state index contributed by atoms with van der Waals surface area (Å²) in [5, 5.41) is 0. The third kappa shape index (κ3) is 2.14. The molecule has 1 atom stereocenters. The first-order chi connectivity index (χ1) is 6.79. The monoisotopic (exact) mass is 194 g/mol. The van der Waals surface area contributed by atoms with Crippen LogP contribution in [0.15, 0.2) is 24.3 Å². The van der Waals surface area contributed by atoms with E-state index in [1.54, 1.807) is 11.1 Å². The normalized spacial score (nSPS) is 18.8. The molecule has 1 aromatic rings. The Hall–Kier alpha value is -0.850. The van der Waals surface area contributed by atoms with E-state index in [4.69, 9.17) is 0 Å². The van der Waals surface area contributed by atoms with Crippen molar-refractivity contribution in [2.75, 3.05) is 7.18 Å². The molecule has 0 heterocycles. The SMILES string of the molecule is CC(C)C1CCc2ccccc21.CF. The Balaban J connectivity index is 0.000000461. The fourth-order valence-electron chi connectivity index (χ4n) is 2.28. The minimum absolute atomic E-state index is 0.500. The van der Waals surface area contributed by atoms with Gasteiger partial charge in [0.25, 0.3) is 0 Å². The summed E-state index contributed by atoms with van der Waals surface area (Å²) < 4.78 is 9.50. The van der Waals surface area contributed by atoms with Crippen LogP contribution in [0.1, 0.15) is 37.3 Å². The van der Waals surface area contributed by atoms with Crippen LogP contribution in [0.4, 0.5) is 4.39 Å². The van der Waals surface area contributed by atoms with E-state index >= 15 is 0 Å². The van der Waals surface area contributed by atoms with Crippen LogP contribution in [0.5, 0.6) is 0 Å². The van der Waals surface area contributed by atoms with Crippen LogP contribution < -0.4 is 0 Å². The summed E-state index contributed by atoms with van der Waals surface area (Å²) >= 11 is 0. The molecule has 0 saturated carbocycles. The average Bonchev–Trinajstić information content (AvgIpc) is 2.64. The maximum atomic E-state index is 9.50. The van der Waals surface area contributed by atoms with Gasteiger partial charge in [-0.25, -0.2) is 0 Å². The summed E-state index contributed by atoms with van der Waals surface area (Å²) in [6, 6.07) is 8.89. The van der Waals surface area contributed by atoms with Gasteiger partial charge >= 0.3 is 0 Å². The maximum Gasteiger partial charge on any atom is 0.0785 e. The van der Waals surface area contributed by atoms with Gasteiger partial charge in [0.2, 0.25) is 0 Å². The zero-order valence-electron chi connectivity index (χ0n) is 9.26. The molecule has 2 rings (SSSR count). The molecular weight excluding hydrogens is 175 g/mol. The van der Waals surface area contributed by atoms with E-state index in [2.05, 4.69) is 38.1 Å². The summed E-state index contributed by atoms with van der Waals surface area (Å²) in [6.45, 7) is 4.65. The minimum Gasteiger partial charge on any atom is -0.255 e. The van der Waals surface area contributed by atoms with Crippen LogP contribution >= 0.6 is 0 Å². The standard InChI is InChI=1S/C12H16.CH3F/c1-9(2)11-8-7-10-5-3-4-6-12(10)11;1-2/h3-6,9,11H,7-8H2,1-2H3;1H3. The lowest BCUT2D eigenvalue weighted by atomic mass is 9.90. The number of alkyl halides is 1. The van der Waals surface area contributed by atoms with Gasteiger partial charge < -0.3 is 0 Å². The number of hydrogen-bond donors (Lipinski definition) is 0. The Labute approximate surface area is 86.2 Å². The van der Waals surface area contributed by atoms with Gasteiger partial charge in [0, 0.05) is 0 Å². The number of benzene rings is 1. The molecule has 1 heteroatoms. The molecule has 0 bridgehead atoms. The third-order valence-corrected chi connectivity index (χ3v) is 2.98. The third-order valence-electron chi connectivity index (χ3n) is 2.98. The summed E-state index contributed by atoms with van der Waals surface area (Å²) in [5.74, 6) is 1.62. The van der Waals surface area contributed by atoms with Gasteiger partial charge in [-0.15, -0.1) is 0 Å². The molecule has 78 valence electrons. The second-order valence-electron chi connectivity index (χ2n) is 4.09. The van der Waals surface area contributed by atoms with Crippen molar-refractivity contribution >= 4 is 0 Å². The smallest absolute Gasteiger partial charge is 0.0785 e. The predicted octanol–water partition coefficient (Wildman–Crippen LogP) is 3.96. The maximum absolute atomic E-state index is 9.50. The van der Waals surface area contributed by atoms with Crippen molar-refractivity contribution in [1.29, 1.82) is 0 Å². The minimum atomic E-state index is 0.500. The highest BCUT2D eigenvalue weighted by atomic mass is 19.1. The van der Waals surface area contributed by atoms with E-state index in [0.717, 1.165) is 11.8 Å². The highest BCUT2D eigenvalue weighted by Crippen LogP contribution is 2.37. The molecule has 14 heavy (non-hydrogen) atoms. The molecular formula is C13H19F. The Morgan fingerprint density at radius 3 is 2.50 bits per heavy atom. The highest BCUT2D eigenvalue weighted by molar-refractivity contribution is 5.34. The van der Waals surface area contributed by atoms with Crippen LogP contribution in [-0.4, -0.2) is 7.18 Å². The second-order valence-corrected chi connectivity index (χ2v) is 4.09. The Morgan fingerprint density at radius 1 is 1.21 bits per heavy atom. The Kier molecular flexibility index (Phi) is 4.12. The molecule has 1 aliphatic carbocycles. The van der Waals surface area contributed by atoms with Gasteiger partial charge in [-0.2, -0.15) is 0 Å². The van der Waals surface area contributed by atoms with Crippen molar-refractivity contribution in [2.45, 2.75) is 32.6 Å². The number of aryl methyl sites for hydroxylation is 1. The quantitative estimate of drug-likeness (QED) is 0.635. The highest BCUT2D eigenvalue weighted by Gasteiger charge is 2.23. The molecule has 1 aliphatic rings. The van der Waals surface area contributed by atoms with E-state index in [0.29, 0.717) is 7.18 Å². The second kappa shape index (κ2) is 5.14. The van der Waals surface area contributed by atoms with Gasteiger partial charge in [0.1, 0.15) is 0 Å². The van der Waals surface area contributed by atoms with E-state index < -0.39 is 0 Å². The lowest BCUT2D eigenvalue weighted by Crippen LogP contribution is -2.01. The topological polar surface area (TPSA) is 0 Å². The van der Waals surface area contributed by atoms with Crippen LogP contribution in [0.25, 0.3) is 0 Å². The van der Waals surface area contributed by atoms with Crippen LogP contribution in [0.2, 0.25) is 0 Å². The fourth-order valence-corrected chi connectivity index (χ4v) is 2.28. The van der Waals surface area contributed by atoms with Gasteiger partial charge in [-0.3, -0.25) is 4.39 Å². The largest absolute Gasteiger partial charge is 0.255 e. The molecule has 0 nitrogen and oxygen atoms in total. The molecule has 1 unspecified atom stereocenters. The van der Waals surface area contributed by atoms with Crippen molar-refractivity contribution in [2.24, 2.45) is 5.92 Å². The summed E-state index contributed by atoms with van der Waals surface area (Å²) in [6.07, 6.45) is 2.65. The van der Waals surface area contributed by atoms with Crippen LogP contribution in [0.3, 0.4) is 0 Å². The first kappa shape index (κ1) is 11.2. The summed E-state index contributed by atoms with van der Waals surface area (Å²) in [4.78, 5) is 0. The van der Waals surface area contributed by atoms with Crippen molar-refractivity contribution < 1.29 is 4.39 Å². The summed E-state index contributed by atoms with van der Waals surface area (Å²) in [7, 11) is 0.500. The number of halogens is 1. The van der Waals surface area contributed by atoms with E-state index in [-0.39, 0.29) is 0 Å². The van der Waals surface area contributed by atoms with Crippen LogP contribution in [-0.2, 0) is 6.42 Å². The van der Waals surface area contributed by atoms with Crippen molar-refractivity contribution in [3.05, 3.63) is 35.4 Å². The van der Waals surface area contributed by atoms with E-state index in [1.807, 2.05) is 0 Å². The number of fused-ring (bicyclic) bond motifs is 1. The van der Waals surface area contributed by atoms with Gasteiger partial charge in [-0.1, -0.05) is 38.1 Å².